The zero-order valence-corrected chi connectivity index (χ0v) is 27.5. The normalized spacial score (nSPS) is 55.7. The van der Waals surface area contributed by atoms with Gasteiger partial charge in [0.25, 0.3) is 0 Å². The molecule has 3 N–H and O–H groups in total. The maximum atomic E-state index is 11.8. The van der Waals surface area contributed by atoms with E-state index in [9.17, 15) is 20.1 Å². The predicted octanol–water partition coefficient (Wildman–Crippen LogP) is 6.94. The average molecular weight is 603 g/mol. The molecule has 4 heteroatoms. The van der Waals surface area contributed by atoms with E-state index in [1.807, 2.05) is 0 Å². The van der Waals surface area contributed by atoms with Crippen molar-refractivity contribution >= 4 is 5.78 Å². The molecule has 0 saturated heterocycles. The number of Topliss-reactive ketones (excluding diaryl/α,β-unsaturated/α-hetero) is 1. The molecule has 8 unspecified atom stereocenters. The quantitative estimate of drug-likeness (QED) is 0.263. The van der Waals surface area contributed by atoms with Gasteiger partial charge in [0.2, 0.25) is 0 Å². The van der Waals surface area contributed by atoms with Gasteiger partial charge in [-0.1, -0.05) is 25.7 Å². The van der Waals surface area contributed by atoms with Crippen LogP contribution in [0.2, 0.25) is 0 Å². The highest BCUT2D eigenvalue weighted by Crippen LogP contribution is 2.66. The van der Waals surface area contributed by atoms with Gasteiger partial charge in [-0.15, -0.1) is 12.8 Å². The Kier molecular flexibility index (Phi) is 7.92. The van der Waals surface area contributed by atoms with Crippen molar-refractivity contribution in [1.82, 2.24) is 0 Å². The SMILES string of the molecule is C#C[C@]1(O)CCC2C3CC[C@H]4CC(=O)CCC4C3CC[C@@]21C.C#C[C@]1(O)CCC2C3CC[C@H]4C[C@@H](O)CCC4C3CC[C@@]21C. The smallest absolute Gasteiger partial charge is 0.133 e. The van der Waals surface area contributed by atoms with E-state index < -0.39 is 11.2 Å². The van der Waals surface area contributed by atoms with Gasteiger partial charge in [0.1, 0.15) is 17.0 Å². The van der Waals surface area contributed by atoms with Crippen LogP contribution >= 0.6 is 0 Å². The zero-order valence-electron chi connectivity index (χ0n) is 27.5. The topological polar surface area (TPSA) is 77.8 Å². The molecule has 8 aliphatic rings. The Morgan fingerprint density at radius 2 is 1.11 bits per heavy atom. The predicted molar refractivity (Wildman–Crippen MR) is 173 cm³/mol. The highest BCUT2D eigenvalue weighted by molar-refractivity contribution is 5.79. The summed E-state index contributed by atoms with van der Waals surface area (Å²) in [6.45, 7) is 4.51. The number of carbonyl (C=O) groups excluding carboxylic acids is 1. The maximum absolute atomic E-state index is 11.8. The summed E-state index contributed by atoms with van der Waals surface area (Å²) in [5.74, 6) is 13.3. The van der Waals surface area contributed by atoms with Crippen molar-refractivity contribution in [3.8, 4) is 24.7 Å². The molecule has 4 nitrogen and oxygen atoms in total. The monoisotopic (exact) mass is 602 g/mol. The van der Waals surface area contributed by atoms with Crippen LogP contribution < -0.4 is 0 Å². The molecular formula is C40H58O4. The Hall–Kier alpha value is -1.33. The van der Waals surface area contributed by atoms with Crippen LogP contribution in [0, 0.1) is 94.7 Å². The van der Waals surface area contributed by atoms with Crippen LogP contribution in [0.4, 0.5) is 0 Å². The third-order valence-corrected chi connectivity index (χ3v) is 16.5. The third kappa shape index (κ3) is 4.54. The van der Waals surface area contributed by atoms with Crippen LogP contribution in [0.1, 0.15) is 129 Å². The first-order valence-corrected chi connectivity index (χ1v) is 18.6. The number of hydrogen-bond donors (Lipinski definition) is 3. The van der Waals surface area contributed by atoms with Crippen LogP contribution in [0.15, 0.2) is 0 Å². The lowest BCUT2D eigenvalue weighted by Gasteiger charge is -2.56. The number of rotatable bonds is 0. The summed E-state index contributed by atoms with van der Waals surface area (Å²) in [5.41, 5.74) is -1.91. The molecule has 0 aromatic rings. The van der Waals surface area contributed by atoms with Crippen LogP contribution in [-0.4, -0.2) is 38.4 Å². The van der Waals surface area contributed by atoms with Crippen molar-refractivity contribution in [3.63, 3.8) is 0 Å². The molecule has 0 bridgehead atoms. The second-order valence-corrected chi connectivity index (χ2v) is 17.6. The van der Waals surface area contributed by atoms with Gasteiger partial charge >= 0.3 is 0 Å². The summed E-state index contributed by atoms with van der Waals surface area (Å²) < 4.78 is 0. The van der Waals surface area contributed by atoms with E-state index in [0.717, 1.165) is 112 Å². The Balaban J connectivity index is 0.000000142. The molecule has 8 rings (SSSR count). The van der Waals surface area contributed by atoms with E-state index in [1.54, 1.807) is 0 Å². The van der Waals surface area contributed by atoms with Crippen LogP contribution in [0.25, 0.3) is 0 Å². The van der Waals surface area contributed by atoms with E-state index in [-0.39, 0.29) is 16.9 Å². The first-order chi connectivity index (χ1) is 21.0. The van der Waals surface area contributed by atoms with Gasteiger partial charge in [-0.2, -0.15) is 0 Å². The number of aliphatic hydroxyl groups is 3. The molecule has 0 amide bonds. The van der Waals surface area contributed by atoms with Crippen LogP contribution in [0.3, 0.4) is 0 Å². The van der Waals surface area contributed by atoms with Crippen molar-refractivity contribution in [1.29, 1.82) is 0 Å². The summed E-state index contributed by atoms with van der Waals surface area (Å²) in [6, 6.07) is 0. The second-order valence-electron chi connectivity index (χ2n) is 17.6. The van der Waals surface area contributed by atoms with Gasteiger partial charge < -0.3 is 15.3 Å². The highest BCUT2D eigenvalue weighted by Gasteiger charge is 2.63. The molecule has 0 aromatic carbocycles. The van der Waals surface area contributed by atoms with Gasteiger partial charge in [-0.25, -0.2) is 0 Å². The van der Waals surface area contributed by atoms with Crippen molar-refractivity contribution in [3.05, 3.63) is 0 Å². The molecule has 0 aliphatic heterocycles. The average Bonchev–Trinajstić information content (AvgIpc) is 3.46. The summed E-state index contributed by atoms with van der Waals surface area (Å²) in [4.78, 5) is 11.8. The van der Waals surface area contributed by atoms with E-state index in [1.165, 1.54) is 44.9 Å². The van der Waals surface area contributed by atoms with Crippen molar-refractivity contribution < 1.29 is 20.1 Å². The third-order valence-electron chi connectivity index (χ3n) is 16.5. The Bertz CT molecular complexity index is 1210. The molecule has 44 heavy (non-hydrogen) atoms. The Morgan fingerprint density at radius 1 is 0.614 bits per heavy atom. The number of ketones is 1. The van der Waals surface area contributed by atoms with E-state index in [4.69, 9.17) is 12.8 Å². The molecule has 0 spiro atoms. The minimum atomic E-state index is -0.887. The Labute approximate surface area is 266 Å². The van der Waals surface area contributed by atoms with E-state index in [0.29, 0.717) is 23.5 Å². The zero-order chi connectivity index (χ0) is 31.1. The lowest BCUT2D eigenvalue weighted by molar-refractivity contribution is -0.130. The van der Waals surface area contributed by atoms with Gasteiger partial charge in [-0.05, 0) is 162 Å². The van der Waals surface area contributed by atoms with Crippen LogP contribution in [0.5, 0.6) is 0 Å². The highest BCUT2D eigenvalue weighted by atomic mass is 16.3. The number of terminal acetylenes is 2. The minimum absolute atomic E-state index is 0.0512. The molecule has 242 valence electrons. The largest absolute Gasteiger partial charge is 0.393 e. The van der Waals surface area contributed by atoms with Crippen molar-refractivity contribution in [2.45, 2.75) is 147 Å². The van der Waals surface area contributed by atoms with Gasteiger partial charge in [0.05, 0.1) is 6.10 Å². The Morgan fingerprint density at radius 3 is 1.66 bits per heavy atom. The molecule has 0 aromatic heterocycles. The fraction of sp³-hybridized carbons (Fsp3) is 0.875. The first kappa shape index (κ1) is 31.3. The lowest BCUT2D eigenvalue weighted by Crippen LogP contribution is -2.53. The number of fused-ring (bicyclic) bond motifs is 10. The van der Waals surface area contributed by atoms with Gasteiger partial charge in [0, 0.05) is 23.7 Å². The molecule has 15 atom stereocenters. The lowest BCUT2D eigenvalue weighted by atomic mass is 9.49. The standard InChI is InChI=1S/C20H30O2.C20H28O2/c2*1-3-20(22)11-9-18-17-6-4-13-12-14(21)5-7-15(13)16(17)8-10-19(18,20)2/h1,13-18,21-22H,4-12H2,2H3;1,13,15-18,22H,4-12H2,2H3/t13-,14-,15?,16?,17?,18?,19-,20-;13-,15?,16?,17?,18?,19-,20-/m00/s1. The van der Waals surface area contributed by atoms with E-state index in [2.05, 4.69) is 25.7 Å². The second kappa shape index (κ2) is 11.1. The maximum Gasteiger partial charge on any atom is 0.133 e. The molecule has 8 aliphatic carbocycles. The van der Waals surface area contributed by atoms with E-state index >= 15 is 0 Å². The minimum Gasteiger partial charge on any atom is -0.393 e. The van der Waals surface area contributed by atoms with Crippen molar-refractivity contribution in [2.24, 2.45) is 70.0 Å². The summed E-state index contributed by atoms with van der Waals surface area (Å²) >= 11 is 0. The first-order valence-electron chi connectivity index (χ1n) is 18.6. The molecular weight excluding hydrogens is 544 g/mol. The fourth-order valence-electron chi connectivity index (χ4n) is 14.0. The fourth-order valence-corrected chi connectivity index (χ4v) is 14.0. The molecule has 8 saturated carbocycles. The molecule has 8 fully saturated rings. The van der Waals surface area contributed by atoms with Gasteiger partial charge in [0.15, 0.2) is 0 Å². The number of hydrogen-bond acceptors (Lipinski definition) is 4. The molecule has 0 heterocycles. The summed E-state index contributed by atoms with van der Waals surface area (Å²) in [5, 5.41) is 31.9. The number of carbonyl (C=O) groups is 1. The molecule has 0 radical (unpaired) electrons. The van der Waals surface area contributed by atoms with Crippen LogP contribution in [-0.2, 0) is 4.79 Å². The van der Waals surface area contributed by atoms with Crippen molar-refractivity contribution in [2.75, 3.05) is 0 Å². The van der Waals surface area contributed by atoms with Gasteiger partial charge in [-0.3, -0.25) is 4.79 Å². The summed E-state index contributed by atoms with van der Waals surface area (Å²) in [6.07, 6.45) is 30.8. The number of aliphatic hydroxyl groups excluding tert-OH is 1. The summed E-state index contributed by atoms with van der Waals surface area (Å²) in [7, 11) is 0.